The van der Waals surface area contributed by atoms with Crippen LogP contribution in [0, 0.1) is 18.3 Å². The van der Waals surface area contributed by atoms with Crippen LogP contribution in [0.15, 0.2) is 33.5 Å². The number of ether oxygens (including phenoxy) is 1. The summed E-state index contributed by atoms with van der Waals surface area (Å²) in [5.74, 6) is 1.14. The third kappa shape index (κ3) is 4.75. The van der Waals surface area contributed by atoms with Crippen LogP contribution in [-0.2, 0) is 4.79 Å². The first-order chi connectivity index (χ1) is 13.3. The Hall–Kier alpha value is -2.30. The van der Waals surface area contributed by atoms with Crippen LogP contribution in [0.1, 0.15) is 58.4 Å². The molecule has 1 heterocycles. The number of benzene rings is 1. The van der Waals surface area contributed by atoms with Gasteiger partial charge in [-0.15, -0.1) is 0 Å². The van der Waals surface area contributed by atoms with Crippen LogP contribution in [0.5, 0.6) is 5.75 Å². The van der Waals surface area contributed by atoms with Crippen LogP contribution in [0.4, 0.5) is 0 Å². The summed E-state index contributed by atoms with van der Waals surface area (Å²) in [5.41, 5.74) is 1.32. The van der Waals surface area contributed by atoms with E-state index >= 15 is 0 Å². The summed E-state index contributed by atoms with van der Waals surface area (Å²) in [4.78, 5) is 23.8. The first-order valence-corrected chi connectivity index (χ1v) is 10.2. The molecule has 1 aliphatic rings. The topological polar surface area (TPSA) is 68.5 Å². The lowest BCUT2D eigenvalue weighted by molar-refractivity contribution is -0.124. The molecule has 1 aliphatic carbocycles. The number of rotatable bonds is 6. The van der Waals surface area contributed by atoms with E-state index in [2.05, 4.69) is 26.1 Å². The van der Waals surface area contributed by atoms with Crippen molar-refractivity contribution in [2.24, 2.45) is 11.3 Å². The molecule has 5 nitrogen and oxygen atoms in total. The molecule has 3 rings (SSSR count). The van der Waals surface area contributed by atoms with Crippen molar-refractivity contribution in [3.8, 4) is 5.75 Å². The highest BCUT2D eigenvalue weighted by Crippen LogP contribution is 2.40. The van der Waals surface area contributed by atoms with Crippen LogP contribution < -0.4 is 15.7 Å². The van der Waals surface area contributed by atoms with Crippen molar-refractivity contribution in [3.63, 3.8) is 0 Å². The van der Waals surface area contributed by atoms with E-state index in [0.717, 1.165) is 42.6 Å². The molecule has 5 heteroatoms. The predicted molar refractivity (Wildman–Crippen MR) is 111 cm³/mol. The van der Waals surface area contributed by atoms with Gasteiger partial charge in [0.1, 0.15) is 11.3 Å². The maximum Gasteiger partial charge on any atom is 0.336 e. The molecule has 152 valence electrons. The molecule has 1 fully saturated rings. The fourth-order valence-corrected chi connectivity index (χ4v) is 4.12. The Morgan fingerprint density at radius 1 is 1.21 bits per heavy atom. The molecule has 0 radical (unpaired) electrons. The average Bonchev–Trinajstić information content (AvgIpc) is 2.66. The van der Waals surface area contributed by atoms with Crippen molar-refractivity contribution in [2.75, 3.05) is 6.61 Å². The third-order valence-corrected chi connectivity index (χ3v) is 6.40. The van der Waals surface area contributed by atoms with Crippen LogP contribution >= 0.6 is 0 Å². The summed E-state index contributed by atoms with van der Waals surface area (Å²) in [5, 5.41) is 3.96. The molecule has 0 unspecified atom stereocenters. The highest BCUT2D eigenvalue weighted by Gasteiger charge is 2.32. The van der Waals surface area contributed by atoms with E-state index in [-0.39, 0.29) is 24.2 Å². The summed E-state index contributed by atoms with van der Waals surface area (Å²) in [7, 11) is 0. The van der Waals surface area contributed by atoms with Crippen LogP contribution in [0.25, 0.3) is 11.0 Å². The minimum absolute atomic E-state index is 0.0397. The van der Waals surface area contributed by atoms with Crippen LogP contribution in [0.3, 0.4) is 0 Å². The summed E-state index contributed by atoms with van der Waals surface area (Å²) >= 11 is 0. The van der Waals surface area contributed by atoms with Gasteiger partial charge in [0.2, 0.25) is 0 Å². The highest BCUT2D eigenvalue weighted by atomic mass is 16.5. The van der Waals surface area contributed by atoms with E-state index in [9.17, 15) is 9.59 Å². The van der Waals surface area contributed by atoms with Gasteiger partial charge in [-0.05, 0) is 61.6 Å². The number of carbonyl (C=O) groups is 1. The molecule has 1 amide bonds. The first-order valence-electron chi connectivity index (χ1n) is 10.2. The lowest BCUT2D eigenvalue weighted by Crippen LogP contribution is -2.41. The predicted octanol–water partition coefficient (Wildman–Crippen LogP) is 4.59. The Bertz CT molecular complexity index is 891. The average molecular weight is 386 g/mol. The molecule has 0 saturated heterocycles. The van der Waals surface area contributed by atoms with Gasteiger partial charge in [0, 0.05) is 23.6 Å². The summed E-state index contributed by atoms with van der Waals surface area (Å²) in [6, 6.07) is 7.00. The van der Waals surface area contributed by atoms with E-state index < -0.39 is 0 Å². The van der Waals surface area contributed by atoms with Crippen LogP contribution in [-0.4, -0.2) is 18.6 Å². The normalized spacial score (nSPS) is 20.1. The SMILES string of the molecule is CCC(C)(C)C1CCC(NC(=O)COc2ccc3c(C)cc(=O)oc3c2)CC1. The highest BCUT2D eigenvalue weighted by molar-refractivity contribution is 5.81. The second-order valence-electron chi connectivity index (χ2n) is 8.65. The molecule has 1 N–H and O–H groups in total. The summed E-state index contributed by atoms with van der Waals surface area (Å²) < 4.78 is 10.8. The summed E-state index contributed by atoms with van der Waals surface area (Å²) in [6.45, 7) is 8.77. The second-order valence-corrected chi connectivity index (χ2v) is 8.65. The van der Waals surface area contributed by atoms with Crippen molar-refractivity contribution in [1.29, 1.82) is 0 Å². The van der Waals surface area contributed by atoms with Gasteiger partial charge in [0.15, 0.2) is 6.61 Å². The second kappa shape index (κ2) is 8.38. The zero-order chi connectivity index (χ0) is 20.3. The minimum atomic E-state index is -0.387. The van der Waals surface area contributed by atoms with Crippen molar-refractivity contribution >= 4 is 16.9 Å². The van der Waals surface area contributed by atoms with Gasteiger partial charge in [0.25, 0.3) is 5.91 Å². The summed E-state index contributed by atoms with van der Waals surface area (Å²) in [6.07, 6.45) is 5.57. The molecular weight excluding hydrogens is 354 g/mol. The monoisotopic (exact) mass is 385 g/mol. The van der Waals surface area contributed by atoms with Crippen LogP contribution in [0.2, 0.25) is 0 Å². The largest absolute Gasteiger partial charge is 0.484 e. The quantitative estimate of drug-likeness (QED) is 0.739. The van der Waals surface area contributed by atoms with Crippen molar-refractivity contribution < 1.29 is 13.9 Å². The van der Waals surface area contributed by atoms with Gasteiger partial charge in [-0.1, -0.05) is 27.2 Å². The van der Waals surface area contributed by atoms with E-state index in [1.807, 2.05) is 13.0 Å². The first kappa shape index (κ1) is 20.4. The maximum atomic E-state index is 12.3. The van der Waals surface area contributed by atoms with Gasteiger partial charge in [-0.25, -0.2) is 4.79 Å². The lowest BCUT2D eigenvalue weighted by Gasteiger charge is -2.39. The number of carbonyl (C=O) groups excluding carboxylic acids is 1. The fraction of sp³-hybridized carbons (Fsp3) is 0.565. The van der Waals surface area contributed by atoms with Crippen molar-refractivity contribution in [2.45, 2.75) is 65.8 Å². The molecule has 0 bridgehead atoms. The van der Waals surface area contributed by atoms with E-state index in [1.54, 1.807) is 12.1 Å². The fourth-order valence-electron chi connectivity index (χ4n) is 4.12. The van der Waals surface area contributed by atoms with Crippen molar-refractivity contribution in [3.05, 3.63) is 40.2 Å². The molecule has 1 aromatic carbocycles. The minimum Gasteiger partial charge on any atom is -0.484 e. The smallest absolute Gasteiger partial charge is 0.336 e. The van der Waals surface area contributed by atoms with Crippen molar-refractivity contribution in [1.82, 2.24) is 5.32 Å². The molecule has 1 saturated carbocycles. The molecular formula is C23H31NO4. The molecule has 28 heavy (non-hydrogen) atoms. The van der Waals surface area contributed by atoms with E-state index in [1.165, 1.54) is 12.5 Å². The number of nitrogens with one attached hydrogen (secondary N) is 1. The third-order valence-electron chi connectivity index (χ3n) is 6.40. The molecule has 0 spiro atoms. The maximum absolute atomic E-state index is 12.3. The molecule has 2 aromatic rings. The molecule has 1 aromatic heterocycles. The molecule has 0 atom stereocenters. The molecule has 0 aliphatic heterocycles. The number of aryl methyl sites for hydroxylation is 1. The van der Waals surface area contributed by atoms with Gasteiger partial charge in [-0.3, -0.25) is 4.79 Å². The van der Waals surface area contributed by atoms with E-state index in [0.29, 0.717) is 16.7 Å². The Kier molecular flexibility index (Phi) is 6.11. The number of hydrogen-bond acceptors (Lipinski definition) is 4. The van der Waals surface area contributed by atoms with Gasteiger partial charge < -0.3 is 14.5 Å². The Morgan fingerprint density at radius 3 is 2.61 bits per heavy atom. The zero-order valence-corrected chi connectivity index (χ0v) is 17.3. The standard InChI is InChI=1S/C23H31NO4/c1-5-23(3,4)16-6-8-17(9-7-16)24-21(25)14-27-18-10-11-19-15(2)12-22(26)28-20(19)13-18/h10-13,16-17H,5-9,14H2,1-4H3,(H,24,25). The number of amides is 1. The Balaban J connectivity index is 1.51. The van der Waals surface area contributed by atoms with Gasteiger partial charge in [-0.2, -0.15) is 0 Å². The zero-order valence-electron chi connectivity index (χ0n) is 17.3. The lowest BCUT2D eigenvalue weighted by atomic mass is 9.69. The van der Waals surface area contributed by atoms with Gasteiger partial charge >= 0.3 is 5.63 Å². The number of hydrogen-bond donors (Lipinski definition) is 1. The Labute approximate surface area is 166 Å². The van der Waals surface area contributed by atoms with E-state index in [4.69, 9.17) is 9.15 Å². The van der Waals surface area contributed by atoms with Gasteiger partial charge in [0.05, 0.1) is 0 Å². The number of fused-ring (bicyclic) bond motifs is 1. The Morgan fingerprint density at radius 2 is 1.93 bits per heavy atom.